The summed E-state index contributed by atoms with van der Waals surface area (Å²) in [4.78, 5) is 0. The molecule has 24 heavy (non-hydrogen) atoms. The van der Waals surface area contributed by atoms with Crippen LogP contribution in [0.2, 0.25) is 0 Å². The summed E-state index contributed by atoms with van der Waals surface area (Å²) in [5.74, 6) is 1.18. The highest BCUT2D eigenvalue weighted by molar-refractivity contribution is 5.62. The minimum Gasteiger partial charge on any atom is -0.493 e. The fourth-order valence-corrected chi connectivity index (χ4v) is 2.64. The van der Waals surface area contributed by atoms with Gasteiger partial charge in [0.2, 0.25) is 0 Å². The van der Waals surface area contributed by atoms with Gasteiger partial charge in [0.25, 0.3) is 5.89 Å². The first-order valence-corrected chi connectivity index (χ1v) is 8.24. The number of anilines is 1. The second kappa shape index (κ2) is 8.12. The molecule has 0 unspecified atom stereocenters. The number of rotatable bonds is 7. The molecule has 1 aliphatic rings. The van der Waals surface area contributed by atoms with Gasteiger partial charge in [0.1, 0.15) is 11.9 Å². The lowest BCUT2D eigenvalue weighted by molar-refractivity contribution is -0.0370. The van der Waals surface area contributed by atoms with Crippen LogP contribution in [0.5, 0.6) is 5.75 Å². The van der Waals surface area contributed by atoms with E-state index in [1.54, 1.807) is 7.11 Å². The molecule has 0 radical (unpaired) electrons. The average molecular weight is 333 g/mol. The van der Waals surface area contributed by atoms with Crippen molar-refractivity contribution in [2.75, 3.05) is 32.2 Å². The summed E-state index contributed by atoms with van der Waals surface area (Å²) in [6.07, 6.45) is 1.73. The molecule has 1 fully saturated rings. The molecular formula is C17H23N3O4. The highest BCUT2D eigenvalue weighted by Gasteiger charge is 2.27. The van der Waals surface area contributed by atoms with Crippen molar-refractivity contribution in [3.8, 4) is 17.2 Å². The smallest absolute Gasteiger partial charge is 0.316 e. The Balaban J connectivity index is 1.73. The molecule has 1 saturated heterocycles. The first-order valence-electron chi connectivity index (χ1n) is 8.24. The average Bonchev–Trinajstić information content (AvgIpc) is 3.09. The van der Waals surface area contributed by atoms with E-state index in [1.807, 2.05) is 24.3 Å². The van der Waals surface area contributed by atoms with Crippen molar-refractivity contribution >= 4 is 6.01 Å². The van der Waals surface area contributed by atoms with Crippen LogP contribution in [0.1, 0.15) is 19.8 Å². The van der Waals surface area contributed by atoms with E-state index in [-0.39, 0.29) is 12.1 Å². The number of benzene rings is 1. The first kappa shape index (κ1) is 16.7. The zero-order chi connectivity index (χ0) is 16.8. The van der Waals surface area contributed by atoms with E-state index in [9.17, 15) is 0 Å². The van der Waals surface area contributed by atoms with Crippen molar-refractivity contribution in [3.05, 3.63) is 24.3 Å². The number of nitrogens with one attached hydrogen (secondary N) is 1. The van der Waals surface area contributed by atoms with Gasteiger partial charge in [0.05, 0.1) is 24.8 Å². The number of methoxy groups -OCH3 is 1. The molecule has 0 aliphatic carbocycles. The van der Waals surface area contributed by atoms with Gasteiger partial charge in [-0.1, -0.05) is 24.2 Å². The summed E-state index contributed by atoms with van der Waals surface area (Å²) in [5.41, 5.74) is 0.793. The van der Waals surface area contributed by atoms with Crippen LogP contribution in [-0.2, 0) is 9.47 Å². The number of nitrogens with zero attached hydrogens (tertiary/aromatic N) is 2. The van der Waals surface area contributed by atoms with Crippen LogP contribution in [0, 0.1) is 0 Å². The Labute approximate surface area is 141 Å². The molecule has 0 saturated carbocycles. The van der Waals surface area contributed by atoms with Crippen molar-refractivity contribution in [2.45, 2.75) is 31.9 Å². The predicted molar refractivity (Wildman–Crippen MR) is 89.2 cm³/mol. The molecule has 7 nitrogen and oxygen atoms in total. The number of ether oxygens (including phenoxy) is 3. The van der Waals surface area contributed by atoms with Gasteiger partial charge in [-0.3, -0.25) is 0 Å². The maximum absolute atomic E-state index is 5.78. The zero-order valence-electron chi connectivity index (χ0n) is 14.0. The van der Waals surface area contributed by atoms with E-state index in [1.165, 1.54) is 0 Å². The maximum Gasteiger partial charge on any atom is 0.316 e. The molecule has 0 spiro atoms. The second-order valence-electron chi connectivity index (χ2n) is 5.65. The van der Waals surface area contributed by atoms with Gasteiger partial charge in [0.15, 0.2) is 0 Å². The number of hydrogen-bond acceptors (Lipinski definition) is 7. The van der Waals surface area contributed by atoms with Gasteiger partial charge in [-0.25, -0.2) is 0 Å². The molecule has 1 aromatic carbocycles. The Kier molecular flexibility index (Phi) is 5.66. The molecule has 2 atom stereocenters. The first-order chi connectivity index (χ1) is 11.8. The quantitative estimate of drug-likeness (QED) is 0.834. The van der Waals surface area contributed by atoms with E-state index >= 15 is 0 Å². The zero-order valence-corrected chi connectivity index (χ0v) is 14.0. The summed E-state index contributed by atoms with van der Waals surface area (Å²) in [7, 11) is 1.68. The van der Waals surface area contributed by atoms with Crippen molar-refractivity contribution < 1.29 is 18.6 Å². The Morgan fingerprint density at radius 3 is 3.00 bits per heavy atom. The van der Waals surface area contributed by atoms with Gasteiger partial charge < -0.3 is 23.9 Å². The van der Waals surface area contributed by atoms with E-state index in [0.29, 0.717) is 31.7 Å². The van der Waals surface area contributed by atoms with Crippen LogP contribution < -0.4 is 10.1 Å². The molecule has 3 rings (SSSR count). The number of para-hydroxylation sites is 1. The Hall–Kier alpha value is -2.12. The van der Waals surface area contributed by atoms with Crippen LogP contribution in [0.4, 0.5) is 6.01 Å². The molecule has 0 amide bonds. The molecule has 1 aliphatic heterocycles. The summed E-state index contributed by atoms with van der Waals surface area (Å²) in [6.45, 7) is 3.96. The minimum absolute atomic E-state index is 0.0331. The van der Waals surface area contributed by atoms with E-state index in [0.717, 1.165) is 24.2 Å². The topological polar surface area (TPSA) is 78.6 Å². The number of hydrogen-bond donors (Lipinski definition) is 1. The van der Waals surface area contributed by atoms with Gasteiger partial charge >= 0.3 is 6.01 Å². The van der Waals surface area contributed by atoms with Crippen molar-refractivity contribution in [1.29, 1.82) is 0 Å². The van der Waals surface area contributed by atoms with E-state index in [4.69, 9.17) is 18.6 Å². The molecule has 2 heterocycles. The van der Waals surface area contributed by atoms with Gasteiger partial charge in [0, 0.05) is 13.7 Å². The molecule has 2 aromatic rings. The molecule has 1 N–H and O–H groups in total. The summed E-state index contributed by atoms with van der Waals surface area (Å²) in [6, 6.07) is 8.13. The Bertz CT molecular complexity index is 646. The van der Waals surface area contributed by atoms with Crippen LogP contribution in [0.15, 0.2) is 28.7 Å². The molecular weight excluding hydrogens is 310 g/mol. The minimum atomic E-state index is -0.0331. The highest BCUT2D eigenvalue weighted by Crippen LogP contribution is 2.30. The maximum atomic E-state index is 5.78. The van der Waals surface area contributed by atoms with Gasteiger partial charge in [-0.2, -0.15) is 0 Å². The molecule has 7 heteroatoms. The van der Waals surface area contributed by atoms with Crippen LogP contribution in [0.25, 0.3) is 11.5 Å². The summed E-state index contributed by atoms with van der Waals surface area (Å²) >= 11 is 0. The van der Waals surface area contributed by atoms with E-state index < -0.39 is 0 Å². The lowest BCUT2D eigenvalue weighted by Crippen LogP contribution is -2.43. The largest absolute Gasteiger partial charge is 0.493 e. The lowest BCUT2D eigenvalue weighted by atomic mass is 10.1. The van der Waals surface area contributed by atoms with Crippen molar-refractivity contribution in [2.24, 2.45) is 0 Å². The number of aromatic nitrogens is 2. The standard InChI is InChI=1S/C17H23N3O4/c1-3-9-23-14-7-5-4-6-12(14)16-19-20-17(24-16)18-13-8-10-22-11-15(13)21-2/h4-7,13,15H,3,8-11H2,1-2H3,(H,18,20)/t13-,15-/m0/s1. The van der Waals surface area contributed by atoms with Crippen molar-refractivity contribution in [1.82, 2.24) is 10.2 Å². The fourth-order valence-electron chi connectivity index (χ4n) is 2.64. The Morgan fingerprint density at radius 1 is 1.29 bits per heavy atom. The molecule has 1 aromatic heterocycles. The predicted octanol–water partition coefficient (Wildman–Crippen LogP) is 2.74. The van der Waals surface area contributed by atoms with E-state index in [2.05, 4.69) is 22.4 Å². The summed E-state index contributed by atoms with van der Waals surface area (Å²) < 4.78 is 22.4. The summed E-state index contributed by atoms with van der Waals surface area (Å²) in [5, 5.41) is 11.5. The SMILES string of the molecule is CCCOc1ccccc1-c1nnc(N[C@H]2CCOC[C@@H]2OC)o1. The lowest BCUT2D eigenvalue weighted by Gasteiger charge is -2.30. The third kappa shape index (κ3) is 3.85. The molecule has 0 bridgehead atoms. The fraction of sp³-hybridized carbons (Fsp3) is 0.529. The monoisotopic (exact) mass is 333 g/mol. The van der Waals surface area contributed by atoms with Gasteiger partial charge in [-0.15, -0.1) is 5.10 Å². The third-order valence-corrected chi connectivity index (χ3v) is 3.92. The van der Waals surface area contributed by atoms with Crippen LogP contribution in [0.3, 0.4) is 0 Å². The van der Waals surface area contributed by atoms with Crippen LogP contribution in [-0.4, -0.2) is 49.3 Å². The molecule has 130 valence electrons. The third-order valence-electron chi connectivity index (χ3n) is 3.92. The highest BCUT2D eigenvalue weighted by atomic mass is 16.5. The second-order valence-corrected chi connectivity index (χ2v) is 5.65. The van der Waals surface area contributed by atoms with Crippen LogP contribution >= 0.6 is 0 Å². The van der Waals surface area contributed by atoms with Crippen molar-refractivity contribution in [3.63, 3.8) is 0 Å². The van der Waals surface area contributed by atoms with Gasteiger partial charge in [-0.05, 0) is 25.0 Å². The Morgan fingerprint density at radius 2 is 2.17 bits per heavy atom. The normalized spacial score (nSPS) is 20.8.